The van der Waals surface area contributed by atoms with E-state index in [4.69, 9.17) is 4.74 Å². The van der Waals surface area contributed by atoms with E-state index in [0.29, 0.717) is 29.1 Å². The van der Waals surface area contributed by atoms with Gasteiger partial charge in [0.25, 0.3) is 5.91 Å². The maximum absolute atomic E-state index is 13.0. The van der Waals surface area contributed by atoms with Crippen LogP contribution in [0.5, 0.6) is 0 Å². The van der Waals surface area contributed by atoms with Crippen molar-refractivity contribution in [3.63, 3.8) is 0 Å². The van der Waals surface area contributed by atoms with Gasteiger partial charge < -0.3 is 10.1 Å². The second kappa shape index (κ2) is 9.66. The van der Waals surface area contributed by atoms with Crippen molar-refractivity contribution >= 4 is 22.8 Å². The number of rotatable bonds is 6. The van der Waals surface area contributed by atoms with Crippen molar-refractivity contribution in [2.75, 3.05) is 13.7 Å². The summed E-state index contributed by atoms with van der Waals surface area (Å²) in [4.78, 5) is 32.0. The lowest BCUT2D eigenvalue weighted by atomic mass is 9.84. The Morgan fingerprint density at radius 1 is 0.972 bits per heavy atom. The van der Waals surface area contributed by atoms with Crippen molar-refractivity contribution in [3.05, 3.63) is 77.0 Å². The van der Waals surface area contributed by atoms with Crippen LogP contribution in [0.4, 0.5) is 0 Å². The number of nitrogens with zero attached hydrogens (tertiary/aromatic N) is 2. The average Bonchev–Trinajstić information content (AvgIpc) is 3.47. The number of hydrogen-bond donors (Lipinski definition) is 1. The van der Waals surface area contributed by atoms with Gasteiger partial charge in [-0.1, -0.05) is 18.2 Å². The summed E-state index contributed by atoms with van der Waals surface area (Å²) in [6.07, 6.45) is 9.72. The van der Waals surface area contributed by atoms with E-state index in [2.05, 4.69) is 27.3 Å². The van der Waals surface area contributed by atoms with Crippen LogP contribution in [0.25, 0.3) is 10.9 Å². The van der Waals surface area contributed by atoms with E-state index in [1.807, 2.05) is 36.4 Å². The molecule has 1 N–H and O–H groups in total. The highest BCUT2D eigenvalue weighted by Crippen LogP contribution is 2.53. The van der Waals surface area contributed by atoms with Gasteiger partial charge in [-0.25, -0.2) is 4.79 Å². The molecule has 6 heteroatoms. The number of aromatic nitrogens is 1. The summed E-state index contributed by atoms with van der Waals surface area (Å²) in [6, 6.07) is 16.8. The van der Waals surface area contributed by atoms with Gasteiger partial charge in [-0.05, 0) is 98.9 Å². The van der Waals surface area contributed by atoms with Crippen LogP contribution in [0.15, 0.2) is 54.7 Å². The molecule has 0 spiro atoms. The first-order valence-electron chi connectivity index (χ1n) is 13.2. The quantitative estimate of drug-likeness (QED) is 0.463. The van der Waals surface area contributed by atoms with Crippen molar-refractivity contribution < 1.29 is 14.3 Å². The van der Waals surface area contributed by atoms with E-state index in [9.17, 15) is 9.59 Å². The summed E-state index contributed by atoms with van der Waals surface area (Å²) in [5, 5.41) is 4.19. The number of fused-ring (bicyclic) bond motifs is 6. The fourth-order valence-corrected chi connectivity index (χ4v) is 6.75. The molecule has 3 aliphatic rings. The minimum atomic E-state index is -0.256. The minimum absolute atomic E-state index is 0.00906. The molecule has 1 saturated heterocycles. The molecule has 2 bridgehead atoms. The van der Waals surface area contributed by atoms with E-state index in [-0.39, 0.29) is 17.9 Å². The Hall–Kier alpha value is -3.25. The zero-order valence-electron chi connectivity index (χ0n) is 20.8. The SMILES string of the molecule is COC(=O)c1ccc2c(c1)[C@H]1CC[C@@H]2N1CCC1CCC(NC(=O)c2cccc3ncccc23)CC1. The van der Waals surface area contributed by atoms with Gasteiger partial charge in [0, 0.05) is 35.3 Å². The van der Waals surface area contributed by atoms with Crippen molar-refractivity contribution in [3.8, 4) is 0 Å². The highest BCUT2D eigenvalue weighted by atomic mass is 16.5. The van der Waals surface area contributed by atoms with Crippen LogP contribution >= 0.6 is 0 Å². The van der Waals surface area contributed by atoms with Crippen LogP contribution in [0.2, 0.25) is 0 Å². The van der Waals surface area contributed by atoms with Crippen LogP contribution in [-0.2, 0) is 4.74 Å². The van der Waals surface area contributed by atoms with Crippen molar-refractivity contribution in [2.24, 2.45) is 5.92 Å². The summed E-state index contributed by atoms with van der Waals surface area (Å²) < 4.78 is 4.92. The Kier molecular flexibility index (Phi) is 6.22. The lowest BCUT2D eigenvalue weighted by molar-refractivity contribution is 0.0600. The molecular formula is C30H33N3O3. The van der Waals surface area contributed by atoms with Gasteiger partial charge in [0.2, 0.25) is 0 Å². The summed E-state index contributed by atoms with van der Waals surface area (Å²) in [6.45, 7) is 1.10. The third-order valence-electron chi connectivity index (χ3n) is 8.61. The monoisotopic (exact) mass is 483 g/mol. The predicted octanol–water partition coefficient (Wildman–Crippen LogP) is 5.59. The molecule has 1 amide bonds. The standard InChI is InChI=1S/C30H33N3O3/c1-36-30(35)20-9-12-23-25(18-20)28-14-13-27(23)33(28)17-15-19-7-10-21(11-8-19)32-29(34)24-4-2-6-26-22(24)5-3-16-31-26/h2-6,9,12,16,18-19,21,27-28H,7-8,10-11,13-15,17H2,1H3,(H,32,34)/t19?,21?,27-,28+/m0/s1. The summed E-state index contributed by atoms with van der Waals surface area (Å²) in [7, 11) is 1.44. The fourth-order valence-electron chi connectivity index (χ4n) is 6.75. The number of carbonyl (C=O) groups excluding carboxylic acids is 2. The van der Waals surface area contributed by atoms with E-state index >= 15 is 0 Å². The summed E-state index contributed by atoms with van der Waals surface area (Å²) >= 11 is 0. The smallest absolute Gasteiger partial charge is 0.337 e. The molecule has 2 atom stereocenters. The molecule has 3 aromatic rings. The first-order chi connectivity index (χ1) is 17.6. The number of esters is 1. The Morgan fingerprint density at radius 2 is 1.78 bits per heavy atom. The third-order valence-corrected chi connectivity index (χ3v) is 8.61. The maximum Gasteiger partial charge on any atom is 0.337 e. The Labute approximate surface area is 212 Å². The van der Waals surface area contributed by atoms with Gasteiger partial charge in [-0.2, -0.15) is 0 Å². The normalized spacial score (nSPS) is 25.0. The maximum atomic E-state index is 13.0. The number of ether oxygens (including phenoxy) is 1. The molecule has 6 nitrogen and oxygen atoms in total. The molecule has 6 rings (SSSR count). The topological polar surface area (TPSA) is 71.5 Å². The Bertz CT molecular complexity index is 1290. The molecule has 0 radical (unpaired) electrons. The molecule has 2 aromatic carbocycles. The van der Waals surface area contributed by atoms with Crippen LogP contribution in [0, 0.1) is 5.92 Å². The third kappa shape index (κ3) is 4.17. The number of pyridine rings is 1. The number of amides is 1. The summed E-state index contributed by atoms with van der Waals surface area (Å²) in [5.41, 5.74) is 4.94. The number of benzene rings is 2. The largest absolute Gasteiger partial charge is 0.465 e. The van der Waals surface area contributed by atoms with E-state index in [0.717, 1.165) is 43.1 Å². The van der Waals surface area contributed by atoms with Crippen molar-refractivity contribution in [1.29, 1.82) is 0 Å². The zero-order chi connectivity index (χ0) is 24.6. The van der Waals surface area contributed by atoms with Crippen molar-refractivity contribution in [1.82, 2.24) is 15.2 Å². The summed E-state index contributed by atoms with van der Waals surface area (Å²) in [5.74, 6) is 0.455. The van der Waals surface area contributed by atoms with E-state index < -0.39 is 0 Å². The fraction of sp³-hybridized carbons (Fsp3) is 0.433. The number of methoxy groups -OCH3 is 1. The highest BCUT2D eigenvalue weighted by Gasteiger charge is 2.43. The lowest BCUT2D eigenvalue weighted by Gasteiger charge is -2.31. The molecule has 36 heavy (non-hydrogen) atoms. The predicted molar refractivity (Wildman–Crippen MR) is 139 cm³/mol. The molecule has 1 aromatic heterocycles. The van der Waals surface area contributed by atoms with Gasteiger partial charge >= 0.3 is 5.97 Å². The lowest BCUT2D eigenvalue weighted by Crippen LogP contribution is -2.38. The van der Waals surface area contributed by atoms with Crippen LogP contribution in [-0.4, -0.2) is 41.5 Å². The van der Waals surface area contributed by atoms with Crippen LogP contribution in [0.1, 0.15) is 88.9 Å². The van der Waals surface area contributed by atoms with Crippen LogP contribution in [0.3, 0.4) is 0 Å². The van der Waals surface area contributed by atoms with Gasteiger partial charge in [0.05, 0.1) is 18.2 Å². The average molecular weight is 484 g/mol. The molecule has 1 saturated carbocycles. The first kappa shape index (κ1) is 23.2. The van der Waals surface area contributed by atoms with E-state index in [1.54, 1.807) is 6.20 Å². The number of nitrogens with one attached hydrogen (secondary N) is 1. The van der Waals surface area contributed by atoms with Crippen LogP contribution < -0.4 is 5.32 Å². The number of hydrogen-bond acceptors (Lipinski definition) is 5. The minimum Gasteiger partial charge on any atom is -0.465 e. The molecule has 186 valence electrons. The van der Waals surface area contributed by atoms with E-state index in [1.165, 1.54) is 37.5 Å². The molecular weight excluding hydrogens is 450 g/mol. The van der Waals surface area contributed by atoms with Gasteiger partial charge in [-0.15, -0.1) is 0 Å². The molecule has 0 unspecified atom stereocenters. The first-order valence-corrected chi connectivity index (χ1v) is 13.2. The number of carbonyl (C=O) groups is 2. The highest BCUT2D eigenvalue weighted by molar-refractivity contribution is 6.06. The second-order valence-corrected chi connectivity index (χ2v) is 10.5. The molecule has 1 aliphatic carbocycles. The molecule has 3 heterocycles. The zero-order valence-corrected chi connectivity index (χ0v) is 20.8. The van der Waals surface area contributed by atoms with Gasteiger partial charge in [0.15, 0.2) is 0 Å². The van der Waals surface area contributed by atoms with Gasteiger partial charge in [-0.3, -0.25) is 14.7 Å². The molecule has 2 fully saturated rings. The molecule has 2 aliphatic heterocycles. The van der Waals surface area contributed by atoms with Crippen molar-refractivity contribution in [2.45, 2.75) is 63.1 Å². The Balaban J connectivity index is 1.02. The second-order valence-electron chi connectivity index (χ2n) is 10.5. The van der Waals surface area contributed by atoms with Gasteiger partial charge in [0.1, 0.15) is 0 Å². The Morgan fingerprint density at radius 3 is 2.58 bits per heavy atom.